The molecule has 96 valence electrons. The Morgan fingerprint density at radius 1 is 1.28 bits per heavy atom. The molecule has 5 heteroatoms. The molecule has 5 nitrogen and oxygen atoms in total. The maximum absolute atomic E-state index is 10.3. The minimum absolute atomic E-state index is 0.434. The van der Waals surface area contributed by atoms with Crippen molar-refractivity contribution in [3.8, 4) is 0 Å². The molecule has 1 saturated heterocycles. The summed E-state index contributed by atoms with van der Waals surface area (Å²) in [5, 5.41) is 13.4. The number of nitrogens with one attached hydrogen (secondary N) is 1. The van der Waals surface area contributed by atoms with Crippen molar-refractivity contribution in [2.45, 2.75) is 18.4 Å². The lowest BCUT2D eigenvalue weighted by molar-refractivity contribution is -0.0545. The lowest BCUT2D eigenvalue weighted by Gasteiger charge is -2.31. The molecule has 18 heavy (non-hydrogen) atoms. The third kappa shape index (κ3) is 2.32. The smallest absolute Gasteiger partial charge is 0.295 e. The molecule has 2 aromatic rings. The van der Waals surface area contributed by atoms with Crippen LogP contribution in [-0.4, -0.2) is 35.5 Å². The zero-order chi connectivity index (χ0) is 12.4. The van der Waals surface area contributed by atoms with E-state index in [1.165, 1.54) is 0 Å². The number of ether oxygens (including phenoxy) is 1. The lowest BCUT2D eigenvalue weighted by Crippen LogP contribution is -2.42. The molecule has 0 saturated carbocycles. The summed E-state index contributed by atoms with van der Waals surface area (Å²) in [7, 11) is 0. The molecule has 1 aromatic heterocycles. The highest BCUT2D eigenvalue weighted by Gasteiger charge is 2.29. The number of benzene rings is 1. The standard InChI is InChI=1S/C13H16N2O3/c16-13(5-7-17-8-6-13)9-14-12-15-10-3-1-2-4-11(10)18-12/h1-4,16H,5-9H2,(H,14,15). The van der Waals surface area contributed by atoms with Gasteiger partial charge in [-0.25, -0.2) is 0 Å². The Hall–Kier alpha value is -1.59. The van der Waals surface area contributed by atoms with Crippen molar-refractivity contribution in [3.63, 3.8) is 0 Å². The number of para-hydroxylation sites is 2. The number of oxazole rings is 1. The van der Waals surface area contributed by atoms with E-state index in [0.717, 1.165) is 11.1 Å². The molecule has 0 spiro atoms. The molecule has 0 amide bonds. The predicted molar refractivity (Wildman–Crippen MR) is 67.5 cm³/mol. The summed E-state index contributed by atoms with van der Waals surface area (Å²) in [5.41, 5.74) is 0.844. The largest absolute Gasteiger partial charge is 0.424 e. The van der Waals surface area contributed by atoms with Gasteiger partial charge in [-0.3, -0.25) is 0 Å². The van der Waals surface area contributed by atoms with Gasteiger partial charge in [-0.05, 0) is 12.1 Å². The number of hydrogen-bond donors (Lipinski definition) is 2. The second-order valence-corrected chi connectivity index (χ2v) is 4.68. The fraction of sp³-hybridized carbons (Fsp3) is 0.462. The van der Waals surface area contributed by atoms with E-state index in [1.54, 1.807) is 0 Å². The quantitative estimate of drug-likeness (QED) is 0.866. The van der Waals surface area contributed by atoms with E-state index < -0.39 is 5.60 Å². The molecule has 1 aliphatic heterocycles. The van der Waals surface area contributed by atoms with Crippen LogP contribution >= 0.6 is 0 Å². The molecule has 1 aromatic carbocycles. The van der Waals surface area contributed by atoms with E-state index in [-0.39, 0.29) is 0 Å². The van der Waals surface area contributed by atoms with Crippen molar-refractivity contribution >= 4 is 17.1 Å². The summed E-state index contributed by atoms with van der Waals surface area (Å²) < 4.78 is 10.8. The zero-order valence-corrected chi connectivity index (χ0v) is 10.1. The van der Waals surface area contributed by atoms with Crippen LogP contribution in [0.4, 0.5) is 6.01 Å². The highest BCUT2D eigenvalue weighted by Crippen LogP contribution is 2.23. The Morgan fingerprint density at radius 3 is 2.83 bits per heavy atom. The predicted octanol–water partition coefficient (Wildman–Crippen LogP) is 1.78. The number of hydrogen-bond acceptors (Lipinski definition) is 5. The summed E-state index contributed by atoms with van der Waals surface area (Å²) in [4.78, 5) is 4.31. The molecule has 2 N–H and O–H groups in total. The lowest BCUT2D eigenvalue weighted by atomic mass is 9.94. The van der Waals surface area contributed by atoms with Gasteiger partial charge in [-0.15, -0.1) is 0 Å². The van der Waals surface area contributed by atoms with Crippen molar-refractivity contribution in [1.29, 1.82) is 0 Å². The van der Waals surface area contributed by atoms with Crippen molar-refractivity contribution < 1.29 is 14.3 Å². The maximum atomic E-state index is 10.3. The first-order valence-corrected chi connectivity index (χ1v) is 6.15. The molecule has 0 unspecified atom stereocenters. The molecule has 1 fully saturated rings. The third-order valence-corrected chi connectivity index (χ3v) is 3.29. The number of aromatic nitrogens is 1. The maximum Gasteiger partial charge on any atom is 0.295 e. The Kier molecular flexibility index (Phi) is 2.93. The van der Waals surface area contributed by atoms with Crippen LogP contribution in [0.3, 0.4) is 0 Å². The van der Waals surface area contributed by atoms with Gasteiger partial charge in [0.1, 0.15) is 5.52 Å². The molecule has 0 aliphatic carbocycles. The first-order valence-electron chi connectivity index (χ1n) is 6.15. The topological polar surface area (TPSA) is 67.5 Å². The van der Waals surface area contributed by atoms with Crippen LogP contribution in [0, 0.1) is 0 Å². The monoisotopic (exact) mass is 248 g/mol. The third-order valence-electron chi connectivity index (χ3n) is 3.29. The van der Waals surface area contributed by atoms with Crippen LogP contribution in [0.5, 0.6) is 0 Å². The number of fused-ring (bicyclic) bond motifs is 1. The van der Waals surface area contributed by atoms with Crippen molar-refractivity contribution in [2.24, 2.45) is 0 Å². The fourth-order valence-corrected chi connectivity index (χ4v) is 2.12. The molecule has 0 atom stereocenters. The Bertz CT molecular complexity index is 499. The highest BCUT2D eigenvalue weighted by molar-refractivity contribution is 5.74. The van der Waals surface area contributed by atoms with Crippen molar-refractivity contribution in [2.75, 3.05) is 25.1 Å². The number of rotatable bonds is 3. The van der Waals surface area contributed by atoms with E-state index >= 15 is 0 Å². The van der Waals surface area contributed by atoms with E-state index in [2.05, 4.69) is 10.3 Å². The summed E-state index contributed by atoms with van der Waals surface area (Å²) in [6.07, 6.45) is 1.28. The van der Waals surface area contributed by atoms with Crippen molar-refractivity contribution in [1.82, 2.24) is 4.98 Å². The Morgan fingerprint density at radius 2 is 2.06 bits per heavy atom. The summed E-state index contributed by atoms with van der Waals surface area (Å²) in [6.45, 7) is 1.64. The minimum Gasteiger partial charge on any atom is -0.424 e. The van der Waals surface area contributed by atoms with Crippen LogP contribution in [0.1, 0.15) is 12.8 Å². The van der Waals surface area contributed by atoms with Gasteiger partial charge in [0.05, 0.1) is 5.60 Å². The van der Waals surface area contributed by atoms with Gasteiger partial charge in [0.15, 0.2) is 5.58 Å². The first kappa shape index (κ1) is 11.5. The van der Waals surface area contributed by atoms with E-state index in [1.807, 2.05) is 24.3 Å². The molecule has 3 rings (SSSR count). The summed E-state index contributed by atoms with van der Waals surface area (Å²) in [5.74, 6) is 0. The van der Waals surface area contributed by atoms with Crippen molar-refractivity contribution in [3.05, 3.63) is 24.3 Å². The molecule has 1 aliphatic rings. The molecule has 2 heterocycles. The average Bonchev–Trinajstić information content (AvgIpc) is 2.80. The van der Waals surface area contributed by atoms with Gasteiger partial charge in [0.2, 0.25) is 0 Å². The Labute approximate surface area is 105 Å². The summed E-state index contributed by atoms with van der Waals surface area (Å²) >= 11 is 0. The minimum atomic E-state index is -0.723. The van der Waals surface area contributed by atoms with E-state index in [4.69, 9.17) is 9.15 Å². The molecular formula is C13H16N2O3. The normalized spacial score (nSPS) is 18.9. The highest BCUT2D eigenvalue weighted by atomic mass is 16.5. The SMILES string of the molecule is OC1(CNc2nc3ccccc3o2)CCOCC1. The van der Waals surface area contributed by atoms with Gasteiger partial charge in [0.25, 0.3) is 6.01 Å². The van der Waals surface area contributed by atoms with E-state index in [0.29, 0.717) is 38.6 Å². The molecule has 0 radical (unpaired) electrons. The van der Waals surface area contributed by atoms with Crippen LogP contribution in [0.2, 0.25) is 0 Å². The molecule has 0 bridgehead atoms. The van der Waals surface area contributed by atoms with Gasteiger partial charge < -0.3 is 19.6 Å². The van der Waals surface area contributed by atoms with Crippen LogP contribution in [-0.2, 0) is 4.74 Å². The van der Waals surface area contributed by atoms with Crippen LogP contribution in [0.25, 0.3) is 11.1 Å². The number of aliphatic hydroxyl groups is 1. The average molecular weight is 248 g/mol. The van der Waals surface area contributed by atoms with Crippen LogP contribution < -0.4 is 5.32 Å². The molecular weight excluding hydrogens is 232 g/mol. The zero-order valence-electron chi connectivity index (χ0n) is 10.1. The second-order valence-electron chi connectivity index (χ2n) is 4.68. The van der Waals surface area contributed by atoms with Crippen LogP contribution in [0.15, 0.2) is 28.7 Å². The van der Waals surface area contributed by atoms with Gasteiger partial charge >= 0.3 is 0 Å². The van der Waals surface area contributed by atoms with Gasteiger partial charge in [-0.1, -0.05) is 12.1 Å². The Balaban J connectivity index is 1.69. The van der Waals surface area contributed by atoms with Gasteiger partial charge in [-0.2, -0.15) is 4.98 Å². The van der Waals surface area contributed by atoms with Gasteiger partial charge in [0, 0.05) is 32.6 Å². The van der Waals surface area contributed by atoms with E-state index in [9.17, 15) is 5.11 Å². The number of anilines is 1. The number of nitrogens with zero attached hydrogens (tertiary/aromatic N) is 1. The fourth-order valence-electron chi connectivity index (χ4n) is 2.12. The second kappa shape index (κ2) is 4.59. The first-order chi connectivity index (χ1) is 8.75. The summed E-state index contributed by atoms with van der Waals surface area (Å²) in [6, 6.07) is 8.05.